The maximum absolute atomic E-state index is 14.4. The van der Waals surface area contributed by atoms with E-state index in [1.807, 2.05) is 20.8 Å². The minimum Gasteiger partial charge on any atom is -0.390 e. The van der Waals surface area contributed by atoms with E-state index in [1.54, 1.807) is 19.1 Å². The number of amides is 1. The van der Waals surface area contributed by atoms with Gasteiger partial charge in [-0.1, -0.05) is 25.5 Å². The summed E-state index contributed by atoms with van der Waals surface area (Å²) in [4.78, 5) is 24.8. The fourth-order valence-electron chi connectivity index (χ4n) is 3.62. The van der Waals surface area contributed by atoms with Crippen LogP contribution < -0.4 is 10.9 Å². The molecule has 0 unspecified atom stereocenters. The second kappa shape index (κ2) is 7.47. The summed E-state index contributed by atoms with van der Waals surface area (Å²) >= 11 is 0. The fourth-order valence-corrected chi connectivity index (χ4v) is 3.62. The number of aromatic nitrogens is 2. The third-order valence-electron chi connectivity index (χ3n) is 5.02. The molecule has 1 aliphatic rings. The van der Waals surface area contributed by atoms with Gasteiger partial charge in [0.25, 0.3) is 5.56 Å². The molecule has 1 saturated carbocycles. The van der Waals surface area contributed by atoms with E-state index in [0.717, 1.165) is 10.2 Å². The lowest BCUT2D eigenvalue weighted by molar-refractivity contribution is -0.125. The SMILES string of the molecule is Cc1ccc(F)c(-c2cc(=O)n(CC(=O)NC3CC(C)(O)C3)nc2C(C)C)c1. The summed E-state index contributed by atoms with van der Waals surface area (Å²) < 4.78 is 15.5. The average molecular weight is 387 g/mol. The van der Waals surface area contributed by atoms with Crippen molar-refractivity contribution in [2.75, 3.05) is 0 Å². The molecule has 2 aromatic rings. The molecular formula is C21H26FN3O3. The first kappa shape index (κ1) is 20.2. The molecule has 2 N–H and O–H groups in total. The lowest BCUT2D eigenvalue weighted by Crippen LogP contribution is -2.54. The van der Waals surface area contributed by atoms with Crippen LogP contribution in [0.1, 0.15) is 50.8 Å². The standard InChI is InChI=1S/C21H26FN3O3/c1-12(2)20-16(15-7-13(3)5-6-17(15)22)8-19(27)25(24-20)11-18(26)23-14-9-21(4,28)10-14/h5-8,12,14,28H,9-11H2,1-4H3,(H,23,26). The number of halogens is 1. The van der Waals surface area contributed by atoms with Gasteiger partial charge in [0.1, 0.15) is 12.4 Å². The van der Waals surface area contributed by atoms with E-state index in [2.05, 4.69) is 10.4 Å². The molecule has 1 aliphatic carbocycles. The van der Waals surface area contributed by atoms with Crippen molar-refractivity contribution in [3.63, 3.8) is 0 Å². The molecule has 0 bridgehead atoms. The number of hydrogen-bond donors (Lipinski definition) is 2. The molecule has 1 fully saturated rings. The highest BCUT2D eigenvalue weighted by Gasteiger charge is 2.39. The molecule has 0 saturated heterocycles. The predicted molar refractivity (Wildman–Crippen MR) is 105 cm³/mol. The largest absolute Gasteiger partial charge is 0.390 e. The lowest BCUT2D eigenvalue weighted by Gasteiger charge is -2.41. The van der Waals surface area contributed by atoms with Crippen molar-refractivity contribution in [1.29, 1.82) is 0 Å². The van der Waals surface area contributed by atoms with Gasteiger partial charge in [-0.05, 0) is 44.7 Å². The molecule has 1 amide bonds. The quantitative estimate of drug-likeness (QED) is 0.826. The van der Waals surface area contributed by atoms with Crippen molar-refractivity contribution in [3.8, 4) is 11.1 Å². The number of hydrogen-bond acceptors (Lipinski definition) is 4. The Morgan fingerprint density at radius 3 is 2.64 bits per heavy atom. The molecule has 1 aromatic heterocycles. The van der Waals surface area contributed by atoms with Gasteiger partial charge < -0.3 is 10.4 Å². The van der Waals surface area contributed by atoms with Gasteiger partial charge in [-0.3, -0.25) is 9.59 Å². The lowest BCUT2D eigenvalue weighted by atomic mass is 9.77. The number of nitrogens with zero attached hydrogens (tertiary/aromatic N) is 2. The first-order chi connectivity index (χ1) is 13.1. The van der Waals surface area contributed by atoms with Gasteiger partial charge in [-0.2, -0.15) is 5.10 Å². The van der Waals surface area contributed by atoms with Gasteiger partial charge in [-0.15, -0.1) is 0 Å². The van der Waals surface area contributed by atoms with E-state index in [9.17, 15) is 19.1 Å². The zero-order chi connectivity index (χ0) is 20.6. The summed E-state index contributed by atoms with van der Waals surface area (Å²) in [5, 5.41) is 16.9. The van der Waals surface area contributed by atoms with Crippen molar-refractivity contribution in [2.45, 2.75) is 64.6 Å². The Labute approximate surface area is 163 Å². The highest BCUT2D eigenvalue weighted by Crippen LogP contribution is 2.31. The summed E-state index contributed by atoms with van der Waals surface area (Å²) in [6.45, 7) is 7.18. The molecule has 1 aromatic carbocycles. The van der Waals surface area contributed by atoms with Gasteiger partial charge in [0.2, 0.25) is 5.91 Å². The summed E-state index contributed by atoms with van der Waals surface area (Å²) in [5.41, 5.74) is 1.03. The molecule has 0 radical (unpaired) electrons. The molecule has 28 heavy (non-hydrogen) atoms. The highest BCUT2D eigenvalue weighted by atomic mass is 19.1. The molecular weight excluding hydrogens is 361 g/mol. The first-order valence-corrected chi connectivity index (χ1v) is 9.46. The Morgan fingerprint density at radius 2 is 2.04 bits per heavy atom. The Kier molecular flexibility index (Phi) is 5.39. The average Bonchev–Trinajstić information content (AvgIpc) is 2.56. The molecule has 3 rings (SSSR count). The van der Waals surface area contributed by atoms with Gasteiger partial charge in [-0.25, -0.2) is 9.07 Å². The third kappa shape index (κ3) is 4.30. The molecule has 7 heteroatoms. The monoisotopic (exact) mass is 387 g/mol. The topological polar surface area (TPSA) is 84.2 Å². The van der Waals surface area contributed by atoms with Crippen molar-refractivity contribution >= 4 is 5.91 Å². The number of benzene rings is 1. The molecule has 150 valence electrons. The summed E-state index contributed by atoms with van der Waals surface area (Å²) in [6, 6.07) is 5.99. The van der Waals surface area contributed by atoms with Crippen LogP contribution in [-0.4, -0.2) is 32.4 Å². The molecule has 6 nitrogen and oxygen atoms in total. The number of aryl methyl sites for hydroxylation is 1. The number of carbonyl (C=O) groups excluding carboxylic acids is 1. The van der Waals surface area contributed by atoms with Crippen LogP contribution in [0.3, 0.4) is 0 Å². The van der Waals surface area contributed by atoms with E-state index in [1.165, 1.54) is 12.1 Å². The van der Waals surface area contributed by atoms with Gasteiger partial charge in [0.15, 0.2) is 0 Å². The Balaban J connectivity index is 1.88. The van der Waals surface area contributed by atoms with E-state index in [0.29, 0.717) is 29.7 Å². The minimum atomic E-state index is -0.739. The highest BCUT2D eigenvalue weighted by molar-refractivity contribution is 5.76. The van der Waals surface area contributed by atoms with Crippen LogP contribution in [0.25, 0.3) is 11.1 Å². The molecule has 0 spiro atoms. The second-order valence-electron chi connectivity index (χ2n) is 8.25. The Morgan fingerprint density at radius 1 is 1.36 bits per heavy atom. The molecule has 0 atom stereocenters. The summed E-state index contributed by atoms with van der Waals surface area (Å²) in [6.07, 6.45) is 0.980. The third-order valence-corrected chi connectivity index (χ3v) is 5.02. The predicted octanol–water partition coefficient (Wildman–Crippen LogP) is 2.51. The van der Waals surface area contributed by atoms with Gasteiger partial charge in [0, 0.05) is 23.2 Å². The van der Waals surface area contributed by atoms with E-state index in [4.69, 9.17) is 0 Å². The normalized spacial score (nSPS) is 21.5. The number of nitrogens with one attached hydrogen (secondary N) is 1. The van der Waals surface area contributed by atoms with Gasteiger partial charge >= 0.3 is 0 Å². The van der Waals surface area contributed by atoms with Crippen LogP contribution in [0.4, 0.5) is 4.39 Å². The fraction of sp³-hybridized carbons (Fsp3) is 0.476. The van der Waals surface area contributed by atoms with Crippen molar-refractivity contribution in [3.05, 3.63) is 51.7 Å². The zero-order valence-electron chi connectivity index (χ0n) is 16.6. The minimum absolute atomic E-state index is 0.0634. The van der Waals surface area contributed by atoms with Crippen LogP contribution in [0.5, 0.6) is 0 Å². The van der Waals surface area contributed by atoms with Crippen LogP contribution in [0.15, 0.2) is 29.1 Å². The van der Waals surface area contributed by atoms with Crippen molar-refractivity contribution < 1.29 is 14.3 Å². The summed E-state index contributed by atoms with van der Waals surface area (Å²) in [5.74, 6) is -0.813. The first-order valence-electron chi connectivity index (χ1n) is 9.46. The van der Waals surface area contributed by atoms with E-state index in [-0.39, 0.29) is 24.4 Å². The van der Waals surface area contributed by atoms with Crippen LogP contribution in [0, 0.1) is 12.7 Å². The number of aliphatic hydroxyl groups is 1. The van der Waals surface area contributed by atoms with Crippen LogP contribution >= 0.6 is 0 Å². The van der Waals surface area contributed by atoms with Crippen molar-refractivity contribution in [2.24, 2.45) is 0 Å². The van der Waals surface area contributed by atoms with Crippen LogP contribution in [-0.2, 0) is 11.3 Å². The Bertz CT molecular complexity index is 958. The maximum atomic E-state index is 14.4. The number of rotatable bonds is 5. The maximum Gasteiger partial charge on any atom is 0.267 e. The zero-order valence-corrected chi connectivity index (χ0v) is 16.6. The smallest absolute Gasteiger partial charge is 0.267 e. The Hall–Kier alpha value is -2.54. The number of carbonyl (C=O) groups is 1. The second-order valence-corrected chi connectivity index (χ2v) is 8.25. The summed E-state index contributed by atoms with van der Waals surface area (Å²) in [7, 11) is 0. The van der Waals surface area contributed by atoms with Crippen molar-refractivity contribution in [1.82, 2.24) is 15.1 Å². The van der Waals surface area contributed by atoms with E-state index < -0.39 is 17.0 Å². The van der Waals surface area contributed by atoms with E-state index >= 15 is 0 Å². The van der Waals surface area contributed by atoms with Gasteiger partial charge in [0.05, 0.1) is 11.3 Å². The van der Waals surface area contributed by atoms with Crippen LogP contribution in [0.2, 0.25) is 0 Å². The molecule has 0 aliphatic heterocycles. The molecule has 1 heterocycles.